The van der Waals surface area contributed by atoms with Crippen molar-refractivity contribution in [2.45, 2.75) is 41.2 Å². The molecule has 8 nitrogen and oxygen atoms in total. The molecule has 0 radical (unpaired) electrons. The number of aryl methyl sites for hydroxylation is 4. The molecule has 2 heterocycles. The predicted molar refractivity (Wildman–Crippen MR) is 130 cm³/mol. The summed E-state index contributed by atoms with van der Waals surface area (Å²) in [6.45, 7) is 9.96. The SMILES string of the molecule is COCc1cc(C)nc(OCC(=O)N/N=C\c2cc(C)n(-c3c(C)cccc3C)c2C)c1C#N. The van der Waals surface area contributed by atoms with E-state index in [2.05, 4.69) is 52.1 Å². The predicted octanol–water partition coefficient (Wildman–Crippen LogP) is 3.96. The van der Waals surface area contributed by atoms with Crippen molar-refractivity contribution in [3.63, 3.8) is 0 Å². The number of hydrogen-bond acceptors (Lipinski definition) is 6. The lowest BCUT2D eigenvalue weighted by atomic mass is 10.1. The molecule has 2 aromatic heterocycles. The number of pyridine rings is 1. The van der Waals surface area contributed by atoms with Gasteiger partial charge in [-0.3, -0.25) is 4.79 Å². The molecule has 1 N–H and O–H groups in total. The molecule has 3 aromatic rings. The highest BCUT2D eigenvalue weighted by Gasteiger charge is 2.15. The number of nitrogens with zero attached hydrogens (tertiary/aromatic N) is 4. The van der Waals surface area contributed by atoms with Crippen LogP contribution in [0.3, 0.4) is 0 Å². The number of ether oxygens (including phenoxy) is 2. The Bertz CT molecular complexity index is 1260. The van der Waals surface area contributed by atoms with Gasteiger partial charge < -0.3 is 14.0 Å². The molecule has 3 rings (SSSR count). The summed E-state index contributed by atoms with van der Waals surface area (Å²) >= 11 is 0. The van der Waals surface area contributed by atoms with Crippen LogP contribution in [0.25, 0.3) is 5.69 Å². The second kappa shape index (κ2) is 10.8. The van der Waals surface area contributed by atoms with Gasteiger partial charge in [-0.05, 0) is 57.9 Å². The number of methoxy groups -OCH3 is 1. The van der Waals surface area contributed by atoms with Crippen LogP contribution in [0.2, 0.25) is 0 Å². The molecule has 0 spiro atoms. The Morgan fingerprint density at radius 3 is 2.56 bits per heavy atom. The fraction of sp³-hybridized carbons (Fsp3) is 0.308. The Kier molecular flexibility index (Phi) is 7.82. The standard InChI is InChI=1S/C26H29N5O3/c1-16-8-7-9-17(2)25(16)31-19(4)11-21(20(31)5)13-28-30-24(32)15-34-26-23(12-27)22(14-33-6)10-18(3)29-26/h7-11,13H,14-15H2,1-6H3,(H,30,32)/b28-13-. The van der Waals surface area contributed by atoms with Gasteiger partial charge in [0.15, 0.2) is 6.61 Å². The van der Waals surface area contributed by atoms with Gasteiger partial charge in [0.05, 0.1) is 18.5 Å². The highest BCUT2D eigenvalue weighted by atomic mass is 16.5. The number of amides is 1. The Morgan fingerprint density at radius 1 is 1.21 bits per heavy atom. The average molecular weight is 460 g/mol. The van der Waals surface area contributed by atoms with E-state index in [9.17, 15) is 10.1 Å². The summed E-state index contributed by atoms with van der Waals surface area (Å²) in [5.74, 6) is -0.355. The van der Waals surface area contributed by atoms with Crippen LogP contribution in [0, 0.1) is 45.9 Å². The number of carbonyl (C=O) groups excluding carboxylic acids is 1. The second-order valence-electron chi connectivity index (χ2n) is 8.13. The average Bonchev–Trinajstić information content (AvgIpc) is 3.05. The third-order valence-corrected chi connectivity index (χ3v) is 5.47. The highest BCUT2D eigenvalue weighted by Crippen LogP contribution is 2.25. The van der Waals surface area contributed by atoms with E-state index in [1.54, 1.807) is 26.3 Å². The maximum atomic E-state index is 12.3. The number of benzene rings is 1. The van der Waals surface area contributed by atoms with Gasteiger partial charge in [0, 0.05) is 35.3 Å². The van der Waals surface area contributed by atoms with Gasteiger partial charge in [-0.2, -0.15) is 10.4 Å². The summed E-state index contributed by atoms with van der Waals surface area (Å²) in [5, 5.41) is 13.6. The lowest BCUT2D eigenvalue weighted by Crippen LogP contribution is -2.25. The first kappa shape index (κ1) is 24.7. The molecule has 1 aromatic carbocycles. The number of hydrazone groups is 1. The Hall–Kier alpha value is -3.96. The van der Waals surface area contributed by atoms with Crippen molar-refractivity contribution in [1.82, 2.24) is 15.0 Å². The van der Waals surface area contributed by atoms with Crippen LogP contribution < -0.4 is 10.2 Å². The minimum absolute atomic E-state index is 0.103. The number of rotatable bonds is 8. The van der Waals surface area contributed by atoms with Crippen LogP contribution >= 0.6 is 0 Å². The second-order valence-corrected chi connectivity index (χ2v) is 8.13. The molecule has 0 unspecified atom stereocenters. The van der Waals surface area contributed by atoms with Crippen molar-refractivity contribution >= 4 is 12.1 Å². The molecule has 0 aliphatic heterocycles. The summed E-state index contributed by atoms with van der Waals surface area (Å²) in [5.41, 5.74) is 10.6. The molecule has 0 saturated heterocycles. The van der Waals surface area contributed by atoms with E-state index in [-0.39, 0.29) is 24.7 Å². The largest absolute Gasteiger partial charge is 0.467 e. The van der Waals surface area contributed by atoms with Gasteiger partial charge in [0.1, 0.15) is 11.6 Å². The van der Waals surface area contributed by atoms with Gasteiger partial charge in [-0.15, -0.1) is 0 Å². The third-order valence-electron chi connectivity index (χ3n) is 5.47. The molecule has 0 fully saturated rings. The third kappa shape index (κ3) is 5.33. The molecule has 0 atom stereocenters. The van der Waals surface area contributed by atoms with Crippen LogP contribution in [0.5, 0.6) is 5.88 Å². The maximum Gasteiger partial charge on any atom is 0.278 e. The summed E-state index contributed by atoms with van der Waals surface area (Å²) in [6.07, 6.45) is 1.62. The molecule has 34 heavy (non-hydrogen) atoms. The van der Waals surface area contributed by atoms with Crippen molar-refractivity contribution in [2.24, 2.45) is 5.10 Å². The van der Waals surface area contributed by atoms with E-state index in [1.165, 1.54) is 11.1 Å². The van der Waals surface area contributed by atoms with Crippen molar-refractivity contribution in [1.29, 1.82) is 5.26 Å². The topological polar surface area (TPSA) is 102 Å². The van der Waals surface area contributed by atoms with E-state index in [1.807, 2.05) is 26.0 Å². The molecule has 0 bridgehead atoms. The smallest absolute Gasteiger partial charge is 0.278 e. The monoisotopic (exact) mass is 459 g/mol. The van der Waals surface area contributed by atoms with E-state index < -0.39 is 5.91 Å². The zero-order valence-corrected chi connectivity index (χ0v) is 20.4. The lowest BCUT2D eigenvalue weighted by molar-refractivity contribution is -0.123. The number of hydrogen-bond donors (Lipinski definition) is 1. The molecule has 0 aliphatic rings. The van der Waals surface area contributed by atoms with Crippen molar-refractivity contribution in [3.8, 4) is 17.6 Å². The highest BCUT2D eigenvalue weighted by molar-refractivity contribution is 5.84. The molecule has 176 valence electrons. The summed E-state index contributed by atoms with van der Waals surface area (Å²) in [4.78, 5) is 16.5. The van der Waals surface area contributed by atoms with Gasteiger partial charge >= 0.3 is 0 Å². The quantitative estimate of drug-likeness (QED) is 0.406. The number of nitriles is 1. The fourth-order valence-electron chi connectivity index (χ4n) is 3.96. The first-order valence-electron chi connectivity index (χ1n) is 10.9. The van der Waals surface area contributed by atoms with E-state index >= 15 is 0 Å². The van der Waals surface area contributed by atoms with Gasteiger partial charge in [0.2, 0.25) is 5.88 Å². The van der Waals surface area contributed by atoms with E-state index in [4.69, 9.17) is 9.47 Å². The summed E-state index contributed by atoms with van der Waals surface area (Å²) in [6, 6.07) is 12.1. The molecule has 0 aliphatic carbocycles. The Morgan fingerprint density at radius 2 is 1.91 bits per heavy atom. The Balaban J connectivity index is 1.70. The van der Waals surface area contributed by atoms with Crippen molar-refractivity contribution in [2.75, 3.05) is 13.7 Å². The normalized spacial score (nSPS) is 11.0. The van der Waals surface area contributed by atoms with E-state index in [0.29, 0.717) is 11.3 Å². The van der Waals surface area contributed by atoms with E-state index in [0.717, 1.165) is 22.6 Å². The van der Waals surface area contributed by atoms with Crippen molar-refractivity contribution in [3.05, 3.63) is 75.2 Å². The Labute approximate surface area is 199 Å². The number of para-hydroxylation sites is 1. The fourth-order valence-corrected chi connectivity index (χ4v) is 3.96. The van der Waals surface area contributed by atoms with Crippen LogP contribution in [-0.4, -0.2) is 35.4 Å². The van der Waals surface area contributed by atoms with Crippen LogP contribution in [0.1, 0.15) is 44.9 Å². The van der Waals surface area contributed by atoms with Gasteiger partial charge in [-0.25, -0.2) is 10.4 Å². The number of carbonyl (C=O) groups is 1. The molecule has 0 saturated carbocycles. The van der Waals surface area contributed by atoms with Crippen LogP contribution in [-0.2, 0) is 16.1 Å². The summed E-state index contributed by atoms with van der Waals surface area (Å²) in [7, 11) is 1.54. The number of nitrogens with one attached hydrogen (secondary N) is 1. The lowest BCUT2D eigenvalue weighted by Gasteiger charge is -2.15. The molecular formula is C26H29N5O3. The molecular weight excluding hydrogens is 430 g/mol. The van der Waals surface area contributed by atoms with Gasteiger partial charge in [-0.1, -0.05) is 18.2 Å². The molecule has 1 amide bonds. The first-order chi connectivity index (χ1) is 16.3. The zero-order chi connectivity index (χ0) is 24.8. The molecule has 8 heteroatoms. The maximum absolute atomic E-state index is 12.3. The minimum Gasteiger partial charge on any atom is -0.467 e. The van der Waals surface area contributed by atoms with Crippen LogP contribution in [0.4, 0.5) is 0 Å². The van der Waals surface area contributed by atoms with Gasteiger partial charge in [0.25, 0.3) is 5.91 Å². The van der Waals surface area contributed by atoms with Crippen molar-refractivity contribution < 1.29 is 14.3 Å². The number of aromatic nitrogens is 2. The first-order valence-corrected chi connectivity index (χ1v) is 10.9. The van der Waals surface area contributed by atoms with Crippen LogP contribution in [0.15, 0.2) is 35.4 Å². The minimum atomic E-state index is -0.458. The zero-order valence-electron chi connectivity index (χ0n) is 20.4. The summed E-state index contributed by atoms with van der Waals surface area (Å²) < 4.78 is 12.8.